The average Bonchev–Trinajstić information content (AvgIpc) is 2.55. The van der Waals surface area contributed by atoms with Gasteiger partial charge in [-0.1, -0.05) is 0 Å². The van der Waals surface area contributed by atoms with Gasteiger partial charge in [-0.15, -0.1) is 0 Å². The second-order valence-electron chi connectivity index (χ2n) is 5.20. The lowest BCUT2D eigenvalue weighted by atomic mass is 10.1. The van der Waals surface area contributed by atoms with Crippen LogP contribution in [0.1, 0.15) is 21.6 Å². The molecule has 2 aromatic heterocycles. The third-order valence-electron chi connectivity index (χ3n) is 3.59. The fourth-order valence-electron chi connectivity index (χ4n) is 2.21. The van der Waals surface area contributed by atoms with Crippen molar-refractivity contribution in [1.82, 2.24) is 15.0 Å². The molecule has 0 aliphatic carbocycles. The Balaban J connectivity index is 2.05. The van der Waals surface area contributed by atoms with E-state index in [-0.39, 0.29) is 17.5 Å². The molecule has 1 aromatic carbocycles. The smallest absolute Gasteiger partial charge is 0.279 e. The van der Waals surface area contributed by atoms with E-state index in [1.54, 1.807) is 24.5 Å². The zero-order valence-electron chi connectivity index (χ0n) is 13.1. The van der Waals surface area contributed by atoms with Crippen LogP contribution >= 0.6 is 0 Å². The number of pyridine rings is 1. The maximum atomic E-state index is 12.5. The molecule has 0 saturated heterocycles. The number of amides is 1. The summed E-state index contributed by atoms with van der Waals surface area (Å²) in [5, 5.41) is 2.76. The first-order valence-electron chi connectivity index (χ1n) is 7.13. The number of fused-ring (bicyclic) bond motifs is 1. The van der Waals surface area contributed by atoms with Crippen molar-refractivity contribution in [3.8, 4) is 5.88 Å². The SMILES string of the molecule is COc1nc2cc(C)c(C)cc2nc1C(=O)Nc1ccncc1. The van der Waals surface area contributed by atoms with Crippen LogP contribution in [0.15, 0.2) is 36.7 Å². The highest BCUT2D eigenvalue weighted by Crippen LogP contribution is 2.22. The van der Waals surface area contributed by atoms with E-state index in [1.165, 1.54) is 7.11 Å². The number of hydrogen-bond donors (Lipinski definition) is 1. The number of carbonyl (C=O) groups is 1. The fraction of sp³-hybridized carbons (Fsp3) is 0.176. The number of aromatic nitrogens is 3. The number of methoxy groups -OCH3 is 1. The Kier molecular flexibility index (Phi) is 3.89. The summed E-state index contributed by atoms with van der Waals surface area (Å²) in [6, 6.07) is 7.25. The molecule has 0 aliphatic heterocycles. The number of aryl methyl sites for hydroxylation is 2. The van der Waals surface area contributed by atoms with E-state index in [4.69, 9.17) is 4.74 Å². The summed E-state index contributed by atoms with van der Waals surface area (Å²) < 4.78 is 5.24. The first kappa shape index (κ1) is 14.9. The molecular weight excluding hydrogens is 292 g/mol. The Hall–Kier alpha value is -3.02. The number of anilines is 1. The monoisotopic (exact) mass is 308 g/mol. The second-order valence-corrected chi connectivity index (χ2v) is 5.20. The van der Waals surface area contributed by atoms with Gasteiger partial charge in [0.2, 0.25) is 5.88 Å². The Labute approximate surface area is 133 Å². The van der Waals surface area contributed by atoms with Crippen LogP contribution in [0.3, 0.4) is 0 Å². The summed E-state index contributed by atoms with van der Waals surface area (Å²) in [4.78, 5) is 25.2. The van der Waals surface area contributed by atoms with Crippen LogP contribution in [0, 0.1) is 13.8 Å². The molecule has 0 aliphatic rings. The van der Waals surface area contributed by atoms with Gasteiger partial charge in [0.15, 0.2) is 5.69 Å². The van der Waals surface area contributed by atoms with Crippen LogP contribution in [-0.2, 0) is 0 Å². The minimum absolute atomic E-state index is 0.153. The van der Waals surface area contributed by atoms with Gasteiger partial charge in [-0.3, -0.25) is 9.78 Å². The molecule has 116 valence electrons. The topological polar surface area (TPSA) is 77.0 Å². The van der Waals surface area contributed by atoms with Crippen LogP contribution in [-0.4, -0.2) is 28.0 Å². The van der Waals surface area contributed by atoms with Crippen LogP contribution in [0.5, 0.6) is 5.88 Å². The molecule has 0 radical (unpaired) electrons. The van der Waals surface area contributed by atoms with Crippen molar-refractivity contribution in [3.63, 3.8) is 0 Å². The van der Waals surface area contributed by atoms with Gasteiger partial charge in [-0.05, 0) is 49.2 Å². The molecule has 3 rings (SSSR count). The molecule has 6 nitrogen and oxygen atoms in total. The molecule has 3 aromatic rings. The highest BCUT2D eigenvalue weighted by atomic mass is 16.5. The van der Waals surface area contributed by atoms with Crippen LogP contribution < -0.4 is 10.1 Å². The second kappa shape index (κ2) is 6.00. The summed E-state index contributed by atoms with van der Waals surface area (Å²) in [5.41, 5.74) is 4.36. The molecule has 23 heavy (non-hydrogen) atoms. The average molecular weight is 308 g/mol. The molecular formula is C17H16N4O2. The molecule has 6 heteroatoms. The predicted octanol–water partition coefficient (Wildman–Crippen LogP) is 2.90. The van der Waals surface area contributed by atoms with Gasteiger partial charge in [0.1, 0.15) is 0 Å². The highest BCUT2D eigenvalue weighted by Gasteiger charge is 2.18. The lowest BCUT2D eigenvalue weighted by Crippen LogP contribution is -2.16. The van der Waals surface area contributed by atoms with Crippen molar-refractivity contribution in [2.45, 2.75) is 13.8 Å². The molecule has 0 fully saturated rings. The van der Waals surface area contributed by atoms with E-state index in [0.717, 1.165) is 11.1 Å². The first-order valence-corrected chi connectivity index (χ1v) is 7.13. The number of benzene rings is 1. The zero-order valence-corrected chi connectivity index (χ0v) is 13.1. The predicted molar refractivity (Wildman–Crippen MR) is 87.8 cm³/mol. The van der Waals surface area contributed by atoms with Gasteiger partial charge < -0.3 is 10.1 Å². The summed E-state index contributed by atoms with van der Waals surface area (Å²) in [6.45, 7) is 4.00. The molecule has 0 atom stereocenters. The van der Waals surface area contributed by atoms with E-state index in [9.17, 15) is 4.79 Å². The third-order valence-corrected chi connectivity index (χ3v) is 3.59. The highest BCUT2D eigenvalue weighted by molar-refractivity contribution is 6.05. The summed E-state index contributed by atoms with van der Waals surface area (Å²) in [5.74, 6) is -0.173. The molecule has 0 spiro atoms. The number of rotatable bonds is 3. The fourth-order valence-corrected chi connectivity index (χ4v) is 2.21. The number of carbonyl (C=O) groups excluding carboxylic acids is 1. The molecule has 2 heterocycles. The van der Waals surface area contributed by atoms with E-state index in [0.29, 0.717) is 16.7 Å². The standard InChI is InChI=1S/C17H16N4O2/c1-10-8-13-14(9-11(10)2)21-17(23-3)15(20-13)16(22)19-12-4-6-18-7-5-12/h4-9H,1-3H3,(H,18,19,22). The van der Waals surface area contributed by atoms with Gasteiger partial charge in [0, 0.05) is 18.1 Å². The van der Waals surface area contributed by atoms with Crippen LogP contribution in [0.4, 0.5) is 5.69 Å². The van der Waals surface area contributed by atoms with Crippen molar-refractivity contribution in [2.75, 3.05) is 12.4 Å². The van der Waals surface area contributed by atoms with E-state index in [1.807, 2.05) is 26.0 Å². The van der Waals surface area contributed by atoms with Crippen molar-refractivity contribution in [2.24, 2.45) is 0 Å². The van der Waals surface area contributed by atoms with Crippen molar-refractivity contribution in [1.29, 1.82) is 0 Å². The maximum Gasteiger partial charge on any atom is 0.279 e. The third kappa shape index (κ3) is 2.96. The van der Waals surface area contributed by atoms with Crippen molar-refractivity contribution in [3.05, 3.63) is 53.5 Å². The first-order chi connectivity index (χ1) is 11.1. The summed E-state index contributed by atoms with van der Waals surface area (Å²) in [6.07, 6.45) is 3.20. The summed E-state index contributed by atoms with van der Waals surface area (Å²) in [7, 11) is 1.47. The minimum Gasteiger partial charge on any atom is -0.479 e. The Morgan fingerprint density at radius 2 is 1.65 bits per heavy atom. The van der Waals surface area contributed by atoms with Crippen molar-refractivity contribution < 1.29 is 9.53 Å². The maximum absolute atomic E-state index is 12.5. The van der Waals surface area contributed by atoms with Gasteiger partial charge in [0.05, 0.1) is 18.1 Å². The summed E-state index contributed by atoms with van der Waals surface area (Å²) >= 11 is 0. The van der Waals surface area contributed by atoms with E-state index in [2.05, 4.69) is 20.3 Å². The van der Waals surface area contributed by atoms with E-state index >= 15 is 0 Å². The number of hydrogen-bond acceptors (Lipinski definition) is 5. The zero-order chi connectivity index (χ0) is 16.4. The van der Waals surface area contributed by atoms with Gasteiger partial charge in [-0.25, -0.2) is 9.97 Å². The van der Waals surface area contributed by atoms with Crippen molar-refractivity contribution >= 4 is 22.6 Å². The normalized spacial score (nSPS) is 10.6. The number of ether oxygens (including phenoxy) is 1. The number of nitrogens with one attached hydrogen (secondary N) is 1. The largest absolute Gasteiger partial charge is 0.479 e. The van der Waals surface area contributed by atoms with Gasteiger partial charge in [-0.2, -0.15) is 0 Å². The molecule has 1 amide bonds. The number of nitrogens with zero attached hydrogens (tertiary/aromatic N) is 3. The molecule has 0 unspecified atom stereocenters. The Morgan fingerprint density at radius 3 is 2.26 bits per heavy atom. The Bertz CT molecular complexity index is 879. The van der Waals surface area contributed by atoms with E-state index < -0.39 is 0 Å². The quantitative estimate of drug-likeness (QED) is 0.805. The molecule has 0 bridgehead atoms. The van der Waals surface area contributed by atoms with Crippen LogP contribution in [0.2, 0.25) is 0 Å². The lowest BCUT2D eigenvalue weighted by Gasteiger charge is -2.10. The Morgan fingerprint density at radius 1 is 1.04 bits per heavy atom. The molecule has 1 N–H and O–H groups in total. The molecule has 0 saturated carbocycles. The van der Waals surface area contributed by atoms with Gasteiger partial charge in [0.25, 0.3) is 5.91 Å². The van der Waals surface area contributed by atoms with Crippen LogP contribution in [0.25, 0.3) is 11.0 Å². The minimum atomic E-state index is -0.374. The lowest BCUT2D eigenvalue weighted by molar-refractivity contribution is 0.101. The van der Waals surface area contributed by atoms with Gasteiger partial charge >= 0.3 is 0 Å².